The number of hydrogen-bond donors (Lipinski definition) is 1. The summed E-state index contributed by atoms with van der Waals surface area (Å²) in [6, 6.07) is 0.737. The highest BCUT2D eigenvalue weighted by Gasteiger charge is 2.42. The van der Waals surface area contributed by atoms with Crippen LogP contribution in [0.3, 0.4) is 0 Å². The Morgan fingerprint density at radius 2 is 2.08 bits per heavy atom. The summed E-state index contributed by atoms with van der Waals surface area (Å²) in [5.74, 6) is 4.68. The molecule has 2 saturated carbocycles. The molecule has 0 bridgehead atoms. The zero-order chi connectivity index (χ0) is 9.10. The second-order valence-corrected chi connectivity index (χ2v) is 4.49. The number of terminal acetylenes is 1. The van der Waals surface area contributed by atoms with Crippen molar-refractivity contribution in [3.63, 3.8) is 0 Å². The van der Waals surface area contributed by atoms with Crippen molar-refractivity contribution in [2.24, 2.45) is 11.8 Å². The van der Waals surface area contributed by atoms with Gasteiger partial charge in [0.05, 0.1) is 6.54 Å². The second kappa shape index (κ2) is 4.15. The maximum absolute atomic E-state index is 5.26. The topological polar surface area (TPSA) is 12.0 Å². The molecule has 2 fully saturated rings. The van der Waals surface area contributed by atoms with E-state index in [-0.39, 0.29) is 0 Å². The van der Waals surface area contributed by atoms with E-state index in [1.54, 1.807) is 0 Å². The van der Waals surface area contributed by atoms with Crippen molar-refractivity contribution in [1.29, 1.82) is 0 Å². The molecule has 1 heteroatoms. The van der Waals surface area contributed by atoms with Gasteiger partial charge in [0.1, 0.15) is 0 Å². The van der Waals surface area contributed by atoms with Crippen molar-refractivity contribution in [1.82, 2.24) is 5.32 Å². The van der Waals surface area contributed by atoms with Crippen LogP contribution in [0.2, 0.25) is 0 Å². The van der Waals surface area contributed by atoms with Crippen LogP contribution in [-0.2, 0) is 0 Å². The van der Waals surface area contributed by atoms with Crippen molar-refractivity contribution in [3.8, 4) is 12.3 Å². The van der Waals surface area contributed by atoms with Crippen molar-refractivity contribution < 1.29 is 0 Å². The molecule has 1 nitrogen and oxygen atoms in total. The van der Waals surface area contributed by atoms with E-state index < -0.39 is 0 Å². The molecule has 13 heavy (non-hydrogen) atoms. The van der Waals surface area contributed by atoms with E-state index in [9.17, 15) is 0 Å². The minimum absolute atomic E-state index is 0.737. The summed E-state index contributed by atoms with van der Waals surface area (Å²) in [6.45, 7) is 0.758. The fourth-order valence-electron chi connectivity index (χ4n) is 2.70. The Balaban J connectivity index is 1.82. The predicted molar refractivity (Wildman–Crippen MR) is 55.3 cm³/mol. The predicted octanol–water partition coefficient (Wildman–Crippen LogP) is 2.18. The van der Waals surface area contributed by atoms with Gasteiger partial charge in [-0.15, -0.1) is 6.42 Å². The van der Waals surface area contributed by atoms with E-state index in [1.807, 2.05) is 0 Å². The third-order valence-corrected chi connectivity index (χ3v) is 3.55. The second-order valence-electron chi connectivity index (χ2n) is 4.49. The molecule has 2 aliphatic carbocycles. The molecule has 0 radical (unpaired) electrons. The van der Waals surface area contributed by atoms with Crippen molar-refractivity contribution >= 4 is 0 Å². The summed E-state index contributed by atoms with van der Waals surface area (Å²) >= 11 is 0. The quantitative estimate of drug-likeness (QED) is 0.637. The van der Waals surface area contributed by atoms with Crippen LogP contribution in [0.5, 0.6) is 0 Å². The molecule has 0 aromatic heterocycles. The Morgan fingerprint density at radius 1 is 1.23 bits per heavy atom. The van der Waals surface area contributed by atoms with Gasteiger partial charge in [-0.1, -0.05) is 31.6 Å². The minimum atomic E-state index is 0.737. The number of fused-ring (bicyclic) bond motifs is 1. The third kappa shape index (κ3) is 2.25. The van der Waals surface area contributed by atoms with E-state index in [0.29, 0.717) is 0 Å². The molecule has 0 heterocycles. The zero-order valence-electron chi connectivity index (χ0n) is 8.26. The average Bonchev–Trinajstić information content (AvgIpc) is 2.83. The van der Waals surface area contributed by atoms with Gasteiger partial charge in [-0.05, 0) is 24.7 Å². The molecule has 0 amide bonds. The summed E-state index contributed by atoms with van der Waals surface area (Å²) < 4.78 is 0. The van der Waals surface area contributed by atoms with Gasteiger partial charge in [0, 0.05) is 6.04 Å². The van der Waals surface area contributed by atoms with Crippen molar-refractivity contribution in [2.75, 3.05) is 6.54 Å². The molecule has 0 aliphatic heterocycles. The molecule has 3 unspecified atom stereocenters. The lowest BCUT2D eigenvalue weighted by molar-refractivity contribution is 0.383. The van der Waals surface area contributed by atoms with Crippen LogP contribution in [0.15, 0.2) is 0 Å². The van der Waals surface area contributed by atoms with Gasteiger partial charge in [0.25, 0.3) is 0 Å². The maximum Gasteiger partial charge on any atom is 0.0576 e. The molecule has 0 aromatic carbocycles. The molecular weight excluding hydrogens is 158 g/mol. The smallest absolute Gasteiger partial charge is 0.0576 e. The van der Waals surface area contributed by atoms with Gasteiger partial charge >= 0.3 is 0 Å². The fourth-order valence-corrected chi connectivity index (χ4v) is 2.70. The number of hydrogen-bond acceptors (Lipinski definition) is 1. The van der Waals surface area contributed by atoms with Crippen LogP contribution in [0.25, 0.3) is 0 Å². The first-order valence-electron chi connectivity index (χ1n) is 5.58. The van der Waals surface area contributed by atoms with Crippen LogP contribution < -0.4 is 5.32 Å². The average molecular weight is 177 g/mol. The Bertz CT molecular complexity index is 204. The zero-order valence-corrected chi connectivity index (χ0v) is 8.26. The Kier molecular flexibility index (Phi) is 2.90. The summed E-state index contributed by atoms with van der Waals surface area (Å²) in [4.78, 5) is 0. The van der Waals surface area contributed by atoms with E-state index >= 15 is 0 Å². The molecule has 2 rings (SSSR count). The first-order chi connectivity index (χ1) is 6.42. The highest BCUT2D eigenvalue weighted by molar-refractivity contribution is 4.98. The standard InChI is InChI=1S/C12H19N/c1-2-8-13-12-7-5-3-4-6-10-9-11(10)12/h1,10-13H,3-9H2. The van der Waals surface area contributed by atoms with Crippen LogP contribution in [-0.4, -0.2) is 12.6 Å². The van der Waals surface area contributed by atoms with Gasteiger partial charge < -0.3 is 5.32 Å². The molecule has 1 N–H and O–H groups in total. The largest absolute Gasteiger partial charge is 0.303 e. The Morgan fingerprint density at radius 3 is 2.92 bits per heavy atom. The maximum atomic E-state index is 5.26. The van der Waals surface area contributed by atoms with E-state index in [2.05, 4.69) is 11.2 Å². The fraction of sp³-hybridized carbons (Fsp3) is 0.833. The molecule has 72 valence electrons. The highest BCUT2D eigenvalue weighted by Crippen LogP contribution is 2.47. The van der Waals surface area contributed by atoms with Crippen molar-refractivity contribution in [3.05, 3.63) is 0 Å². The van der Waals surface area contributed by atoms with Crippen LogP contribution in [0.1, 0.15) is 38.5 Å². The monoisotopic (exact) mass is 177 g/mol. The van der Waals surface area contributed by atoms with Gasteiger partial charge in [0.15, 0.2) is 0 Å². The Labute approximate surface area is 81.3 Å². The third-order valence-electron chi connectivity index (χ3n) is 3.55. The molecule has 0 saturated heterocycles. The molecule has 2 aliphatic rings. The van der Waals surface area contributed by atoms with Gasteiger partial charge in [0.2, 0.25) is 0 Å². The summed E-state index contributed by atoms with van der Waals surface area (Å²) in [6.07, 6.45) is 13.8. The normalized spacial score (nSPS) is 38.2. The van der Waals surface area contributed by atoms with E-state index in [1.165, 1.54) is 38.5 Å². The molecule has 0 spiro atoms. The lowest BCUT2D eigenvalue weighted by Crippen LogP contribution is -2.32. The molecular formula is C12H19N. The lowest BCUT2D eigenvalue weighted by atomic mass is 9.97. The first-order valence-corrected chi connectivity index (χ1v) is 5.58. The van der Waals surface area contributed by atoms with E-state index in [4.69, 9.17) is 6.42 Å². The minimum Gasteiger partial charge on any atom is -0.303 e. The first kappa shape index (κ1) is 9.09. The SMILES string of the molecule is C#CCNC1CCCCCC2CC21. The summed E-state index contributed by atoms with van der Waals surface area (Å²) in [5, 5.41) is 3.49. The van der Waals surface area contributed by atoms with E-state index in [0.717, 1.165) is 24.4 Å². The Hall–Kier alpha value is -0.480. The molecule has 3 atom stereocenters. The van der Waals surface area contributed by atoms with Crippen LogP contribution in [0, 0.1) is 24.2 Å². The lowest BCUT2D eigenvalue weighted by Gasteiger charge is -2.19. The highest BCUT2D eigenvalue weighted by atomic mass is 14.9. The van der Waals surface area contributed by atoms with Gasteiger partial charge in [-0.3, -0.25) is 0 Å². The number of rotatable bonds is 2. The van der Waals surface area contributed by atoms with Crippen LogP contribution >= 0.6 is 0 Å². The van der Waals surface area contributed by atoms with Crippen LogP contribution in [0.4, 0.5) is 0 Å². The summed E-state index contributed by atoms with van der Waals surface area (Å²) in [5.41, 5.74) is 0. The summed E-state index contributed by atoms with van der Waals surface area (Å²) in [7, 11) is 0. The van der Waals surface area contributed by atoms with Gasteiger partial charge in [-0.25, -0.2) is 0 Å². The number of nitrogens with one attached hydrogen (secondary N) is 1. The molecule has 0 aromatic rings. The van der Waals surface area contributed by atoms with Crippen molar-refractivity contribution in [2.45, 2.75) is 44.6 Å². The van der Waals surface area contributed by atoms with Gasteiger partial charge in [-0.2, -0.15) is 0 Å².